The lowest BCUT2D eigenvalue weighted by molar-refractivity contribution is -0.148. The molecular formula is C20H19F4N5O2. The predicted molar refractivity (Wildman–Crippen MR) is 103 cm³/mol. The summed E-state index contributed by atoms with van der Waals surface area (Å²) in [6.07, 6.45) is 3.52. The first-order chi connectivity index (χ1) is 14.8. The molecule has 0 aromatic carbocycles. The van der Waals surface area contributed by atoms with Crippen LogP contribution in [0.4, 0.5) is 23.4 Å². The van der Waals surface area contributed by atoms with E-state index >= 15 is 0 Å². The molecule has 0 aliphatic heterocycles. The molecule has 1 aliphatic carbocycles. The van der Waals surface area contributed by atoms with Gasteiger partial charge >= 0.3 is 12.3 Å². The molecular weight excluding hydrogens is 418 g/mol. The van der Waals surface area contributed by atoms with Gasteiger partial charge < -0.3 is 10.1 Å². The first-order valence-corrected chi connectivity index (χ1v) is 9.66. The van der Waals surface area contributed by atoms with Gasteiger partial charge in [0.05, 0.1) is 17.4 Å². The van der Waals surface area contributed by atoms with Crippen molar-refractivity contribution in [3.8, 4) is 5.88 Å². The normalized spacial score (nSPS) is 14.2. The number of nitrogens with zero attached hydrogens (tertiary/aromatic N) is 4. The number of hydrogen-bond donors (Lipinski definition) is 1. The van der Waals surface area contributed by atoms with Crippen molar-refractivity contribution in [2.75, 3.05) is 11.9 Å². The number of hydrogen-bond acceptors (Lipinski definition) is 5. The third-order valence-corrected chi connectivity index (χ3v) is 4.78. The lowest BCUT2D eigenvalue weighted by atomic mass is 10.2. The van der Waals surface area contributed by atoms with Crippen molar-refractivity contribution in [1.29, 1.82) is 0 Å². The number of carbonyl (C=O) groups excluding carboxylic acids is 1. The van der Waals surface area contributed by atoms with E-state index in [0.717, 1.165) is 12.8 Å². The summed E-state index contributed by atoms with van der Waals surface area (Å²) in [4.78, 5) is 20.2. The number of carbonyl (C=O) groups is 1. The zero-order valence-corrected chi connectivity index (χ0v) is 16.3. The summed E-state index contributed by atoms with van der Waals surface area (Å²) in [6.45, 7) is -1.14. The van der Waals surface area contributed by atoms with Gasteiger partial charge in [-0.2, -0.15) is 13.9 Å². The highest BCUT2D eigenvalue weighted by Crippen LogP contribution is 2.32. The van der Waals surface area contributed by atoms with Gasteiger partial charge in [-0.05, 0) is 30.4 Å². The van der Waals surface area contributed by atoms with Crippen LogP contribution >= 0.6 is 0 Å². The fraction of sp³-hybridized carbons (Fsp3) is 0.400. The van der Waals surface area contributed by atoms with Crippen LogP contribution in [0.25, 0.3) is 10.9 Å². The number of rotatable bonds is 9. The summed E-state index contributed by atoms with van der Waals surface area (Å²) < 4.78 is 56.5. The van der Waals surface area contributed by atoms with Crippen molar-refractivity contribution in [2.45, 2.75) is 38.2 Å². The quantitative estimate of drug-likeness (QED) is 0.514. The topological polar surface area (TPSA) is 81.9 Å². The fourth-order valence-electron chi connectivity index (χ4n) is 2.95. The Labute approximate surface area is 174 Å². The highest BCUT2D eigenvalue weighted by Gasteiger charge is 2.41. The van der Waals surface area contributed by atoms with Gasteiger partial charge in [0.15, 0.2) is 6.61 Å². The smallest absolute Gasteiger partial charge is 0.340 e. The van der Waals surface area contributed by atoms with Crippen LogP contribution in [-0.2, 0) is 11.3 Å². The molecule has 164 valence electrons. The molecule has 3 heterocycles. The van der Waals surface area contributed by atoms with E-state index in [1.54, 1.807) is 29.2 Å². The number of fused-ring (bicyclic) bond motifs is 1. The first-order valence-electron chi connectivity index (χ1n) is 9.66. The Morgan fingerprint density at radius 3 is 2.74 bits per heavy atom. The largest absolute Gasteiger partial charge is 0.471 e. The zero-order valence-electron chi connectivity index (χ0n) is 16.3. The number of alkyl halides is 4. The maximum absolute atomic E-state index is 12.9. The van der Waals surface area contributed by atoms with Crippen LogP contribution in [0.5, 0.6) is 5.88 Å². The Kier molecular flexibility index (Phi) is 5.75. The molecule has 0 spiro atoms. The summed E-state index contributed by atoms with van der Waals surface area (Å²) >= 11 is 0. The van der Waals surface area contributed by atoms with E-state index in [1.165, 1.54) is 12.3 Å². The molecule has 0 bridgehead atoms. The van der Waals surface area contributed by atoms with Crippen LogP contribution in [0.2, 0.25) is 0 Å². The molecule has 1 N–H and O–H groups in total. The first kappa shape index (κ1) is 21.0. The molecule has 3 aromatic heterocycles. The van der Waals surface area contributed by atoms with E-state index in [9.17, 15) is 22.4 Å². The van der Waals surface area contributed by atoms with Crippen LogP contribution in [0, 0.1) is 5.92 Å². The zero-order chi connectivity index (χ0) is 22.0. The van der Waals surface area contributed by atoms with Gasteiger partial charge in [0.25, 0.3) is 0 Å². The van der Waals surface area contributed by atoms with Gasteiger partial charge in [0.2, 0.25) is 11.8 Å². The molecule has 1 fully saturated rings. The Morgan fingerprint density at radius 2 is 2.06 bits per heavy atom. The van der Waals surface area contributed by atoms with Crippen molar-refractivity contribution in [1.82, 2.24) is 19.7 Å². The van der Waals surface area contributed by atoms with Crippen molar-refractivity contribution in [2.24, 2.45) is 5.92 Å². The van der Waals surface area contributed by atoms with Gasteiger partial charge in [-0.3, -0.25) is 9.48 Å². The minimum absolute atomic E-state index is 0.0764. The van der Waals surface area contributed by atoms with Gasteiger partial charge in [-0.25, -0.2) is 18.7 Å². The molecule has 4 rings (SSSR count). The molecule has 3 aromatic rings. The molecule has 31 heavy (non-hydrogen) atoms. The number of halogens is 4. The second kappa shape index (κ2) is 8.48. The van der Waals surface area contributed by atoms with Crippen molar-refractivity contribution < 1.29 is 27.1 Å². The number of pyridine rings is 2. The number of amides is 1. The molecule has 0 radical (unpaired) electrons. The van der Waals surface area contributed by atoms with E-state index < -0.39 is 19.0 Å². The van der Waals surface area contributed by atoms with E-state index in [-0.39, 0.29) is 11.8 Å². The van der Waals surface area contributed by atoms with Gasteiger partial charge in [0.1, 0.15) is 5.82 Å². The summed E-state index contributed by atoms with van der Waals surface area (Å²) in [5.41, 5.74) is 1.34. The average Bonchev–Trinajstić information content (AvgIpc) is 3.43. The third-order valence-electron chi connectivity index (χ3n) is 4.78. The molecule has 1 aliphatic rings. The Balaban J connectivity index is 1.41. The number of ether oxygens (including phenoxy) is 1. The van der Waals surface area contributed by atoms with E-state index in [2.05, 4.69) is 25.1 Å². The Bertz CT molecular complexity index is 1070. The average molecular weight is 437 g/mol. The van der Waals surface area contributed by atoms with Crippen molar-refractivity contribution >= 4 is 22.6 Å². The monoisotopic (exact) mass is 437 g/mol. The van der Waals surface area contributed by atoms with Gasteiger partial charge in [0, 0.05) is 31.1 Å². The highest BCUT2D eigenvalue weighted by molar-refractivity contribution is 5.99. The number of nitrogens with one attached hydrogen (secondary N) is 1. The lowest BCUT2D eigenvalue weighted by Gasteiger charge is -2.15. The van der Waals surface area contributed by atoms with Gasteiger partial charge in [-0.1, -0.05) is 6.07 Å². The van der Waals surface area contributed by atoms with Crippen LogP contribution in [0.3, 0.4) is 0 Å². The van der Waals surface area contributed by atoms with E-state index in [1.807, 2.05) is 0 Å². The predicted octanol–water partition coefficient (Wildman–Crippen LogP) is 3.89. The molecule has 7 nitrogen and oxygen atoms in total. The SMILES string of the molecule is O=C(CC1CC1)Nc1nccc2nn(Cc3ccc(OCC(F)(F)C(F)F)nc3)cc12. The van der Waals surface area contributed by atoms with Crippen LogP contribution < -0.4 is 10.1 Å². The maximum Gasteiger partial charge on any atom is 0.340 e. The Morgan fingerprint density at radius 1 is 1.26 bits per heavy atom. The summed E-state index contributed by atoms with van der Waals surface area (Å²) in [7, 11) is 0. The summed E-state index contributed by atoms with van der Waals surface area (Å²) in [5.74, 6) is -3.60. The van der Waals surface area contributed by atoms with E-state index in [4.69, 9.17) is 0 Å². The number of anilines is 1. The second-order valence-corrected chi connectivity index (χ2v) is 7.47. The molecule has 0 atom stereocenters. The third kappa shape index (κ3) is 5.28. The second-order valence-electron chi connectivity index (χ2n) is 7.47. The van der Waals surface area contributed by atoms with Crippen LogP contribution in [0.15, 0.2) is 36.8 Å². The molecule has 11 heteroatoms. The molecule has 0 unspecified atom stereocenters. The molecule has 1 amide bonds. The highest BCUT2D eigenvalue weighted by atomic mass is 19.3. The van der Waals surface area contributed by atoms with E-state index in [0.29, 0.717) is 41.2 Å². The maximum atomic E-state index is 12.9. The number of aromatic nitrogens is 4. The van der Waals surface area contributed by atoms with Gasteiger partial charge in [-0.15, -0.1) is 0 Å². The molecule has 0 saturated heterocycles. The van der Waals surface area contributed by atoms with Crippen molar-refractivity contribution in [3.63, 3.8) is 0 Å². The lowest BCUT2D eigenvalue weighted by Crippen LogP contribution is -2.33. The summed E-state index contributed by atoms with van der Waals surface area (Å²) in [5, 5.41) is 7.96. The standard InChI is InChI=1S/C20H19F4N5O2/c21-19(22)20(23,24)11-31-17-4-3-13(8-26-17)9-29-10-14-15(28-29)5-6-25-18(14)27-16(30)7-12-1-2-12/h3-6,8,10,12,19H,1-2,7,9,11H2,(H,25,27,30). The Hall–Kier alpha value is -3.24. The van der Waals surface area contributed by atoms with Crippen LogP contribution in [-0.4, -0.2) is 44.6 Å². The minimum Gasteiger partial charge on any atom is -0.471 e. The van der Waals surface area contributed by atoms with Crippen LogP contribution in [0.1, 0.15) is 24.8 Å². The minimum atomic E-state index is -4.24. The van der Waals surface area contributed by atoms with Crippen molar-refractivity contribution in [3.05, 3.63) is 42.4 Å². The summed E-state index contributed by atoms with van der Waals surface area (Å²) in [6, 6.07) is 4.62. The fourth-order valence-corrected chi connectivity index (χ4v) is 2.95. The molecule has 1 saturated carbocycles.